The Morgan fingerprint density at radius 2 is 2.00 bits per heavy atom. The number of alkyl halides is 3. The highest BCUT2D eigenvalue weighted by Crippen LogP contribution is 2.36. The molecule has 0 aliphatic rings. The van der Waals surface area contributed by atoms with Gasteiger partial charge in [-0.3, -0.25) is 0 Å². The molecular weight excluding hydrogens is 269 g/mol. The molecule has 0 unspecified atom stereocenters. The summed E-state index contributed by atoms with van der Waals surface area (Å²) in [6.07, 6.45) is -2.81. The third-order valence-corrected chi connectivity index (χ3v) is 2.72. The van der Waals surface area contributed by atoms with Crippen LogP contribution in [0.5, 0.6) is 0 Å². The van der Waals surface area contributed by atoms with Crippen LogP contribution in [0, 0.1) is 5.92 Å². The summed E-state index contributed by atoms with van der Waals surface area (Å²) in [7, 11) is 0. The van der Waals surface area contributed by atoms with Gasteiger partial charge in [0.05, 0.1) is 5.56 Å². The lowest BCUT2D eigenvalue weighted by molar-refractivity contribution is -0.138. The van der Waals surface area contributed by atoms with Crippen LogP contribution in [-0.2, 0) is 6.18 Å². The first-order valence-electron chi connectivity index (χ1n) is 4.19. The van der Waals surface area contributed by atoms with Crippen LogP contribution in [0.2, 0.25) is 0 Å². The summed E-state index contributed by atoms with van der Waals surface area (Å²) in [4.78, 5) is 0. The number of halogens is 4. The SMILES string of the molecule is C=C[C](C)c1ccc(Br)c(C(F)(F)F)c1. The third-order valence-electron chi connectivity index (χ3n) is 2.03. The van der Waals surface area contributed by atoms with E-state index in [1.54, 1.807) is 13.0 Å². The minimum atomic E-state index is -4.34. The molecule has 4 heteroatoms. The van der Waals surface area contributed by atoms with Crippen molar-refractivity contribution in [3.8, 4) is 0 Å². The van der Waals surface area contributed by atoms with Crippen molar-refractivity contribution in [1.29, 1.82) is 0 Å². The first kappa shape index (κ1) is 12.3. The van der Waals surface area contributed by atoms with E-state index in [1.807, 2.05) is 0 Å². The predicted molar refractivity (Wildman–Crippen MR) is 57.4 cm³/mol. The van der Waals surface area contributed by atoms with Crippen LogP contribution in [0.4, 0.5) is 13.2 Å². The summed E-state index contributed by atoms with van der Waals surface area (Å²) in [5, 5.41) is 0. The molecule has 0 saturated carbocycles. The topological polar surface area (TPSA) is 0 Å². The molecule has 0 saturated heterocycles. The Balaban J connectivity index is 3.22. The van der Waals surface area contributed by atoms with Crippen molar-refractivity contribution in [2.75, 3.05) is 0 Å². The lowest BCUT2D eigenvalue weighted by atomic mass is 9.99. The van der Waals surface area contributed by atoms with Crippen LogP contribution in [0.3, 0.4) is 0 Å². The van der Waals surface area contributed by atoms with Gasteiger partial charge in [-0.05, 0) is 17.7 Å². The van der Waals surface area contributed by atoms with Gasteiger partial charge < -0.3 is 0 Å². The van der Waals surface area contributed by atoms with Gasteiger partial charge in [-0.25, -0.2) is 0 Å². The van der Waals surface area contributed by atoms with Crippen molar-refractivity contribution in [3.63, 3.8) is 0 Å². The maximum absolute atomic E-state index is 12.5. The largest absolute Gasteiger partial charge is 0.417 e. The van der Waals surface area contributed by atoms with Crippen molar-refractivity contribution >= 4 is 15.9 Å². The van der Waals surface area contributed by atoms with Crippen LogP contribution in [-0.4, -0.2) is 0 Å². The summed E-state index contributed by atoms with van der Waals surface area (Å²) in [5.74, 6) is 0.716. The molecule has 1 rings (SSSR count). The number of hydrogen-bond acceptors (Lipinski definition) is 0. The average molecular weight is 278 g/mol. The van der Waals surface area contributed by atoms with E-state index in [9.17, 15) is 13.2 Å². The monoisotopic (exact) mass is 277 g/mol. The quantitative estimate of drug-likeness (QED) is 0.741. The van der Waals surface area contributed by atoms with Crippen molar-refractivity contribution < 1.29 is 13.2 Å². The van der Waals surface area contributed by atoms with E-state index < -0.39 is 11.7 Å². The van der Waals surface area contributed by atoms with E-state index >= 15 is 0 Å². The van der Waals surface area contributed by atoms with Crippen LogP contribution in [0.15, 0.2) is 35.3 Å². The average Bonchev–Trinajstić information content (AvgIpc) is 2.15. The van der Waals surface area contributed by atoms with Gasteiger partial charge in [-0.15, -0.1) is 6.58 Å². The number of rotatable bonds is 2. The van der Waals surface area contributed by atoms with E-state index in [2.05, 4.69) is 22.5 Å². The Morgan fingerprint density at radius 3 is 2.47 bits per heavy atom. The summed E-state index contributed by atoms with van der Waals surface area (Å²) >= 11 is 2.88. The molecular formula is C11H9BrF3. The molecule has 0 aliphatic carbocycles. The Hall–Kier alpha value is -0.770. The zero-order valence-corrected chi connectivity index (χ0v) is 9.61. The normalized spacial score (nSPS) is 11.9. The van der Waals surface area contributed by atoms with Crippen LogP contribution in [0.25, 0.3) is 0 Å². The van der Waals surface area contributed by atoms with Gasteiger partial charge in [-0.2, -0.15) is 13.2 Å². The van der Waals surface area contributed by atoms with E-state index in [0.717, 1.165) is 6.07 Å². The van der Waals surface area contributed by atoms with Gasteiger partial charge in [0.15, 0.2) is 0 Å². The predicted octanol–water partition coefficient (Wildman–Crippen LogP) is 4.60. The minimum Gasteiger partial charge on any atom is -0.166 e. The fraction of sp³-hybridized carbons (Fsp3) is 0.182. The standard InChI is InChI=1S/C11H9BrF3/c1-3-7(2)8-4-5-10(12)9(6-8)11(13,14)15/h3-6H,1H2,2H3. The molecule has 1 aromatic rings. The van der Waals surface area contributed by atoms with Crippen LogP contribution >= 0.6 is 15.9 Å². The molecule has 0 nitrogen and oxygen atoms in total. The highest BCUT2D eigenvalue weighted by molar-refractivity contribution is 9.10. The molecule has 0 spiro atoms. The third kappa shape index (κ3) is 2.84. The van der Waals surface area contributed by atoms with Crippen molar-refractivity contribution in [2.45, 2.75) is 13.1 Å². The molecule has 0 heterocycles. The van der Waals surface area contributed by atoms with E-state index in [-0.39, 0.29) is 4.47 Å². The highest BCUT2D eigenvalue weighted by Gasteiger charge is 2.33. The first-order chi connectivity index (χ1) is 6.86. The molecule has 81 valence electrons. The molecule has 1 aromatic carbocycles. The minimum absolute atomic E-state index is 0.0515. The molecule has 1 radical (unpaired) electrons. The molecule has 0 atom stereocenters. The maximum atomic E-state index is 12.5. The number of benzene rings is 1. The Labute approximate surface area is 94.9 Å². The molecule has 0 aliphatic heterocycles. The zero-order valence-electron chi connectivity index (χ0n) is 8.03. The van der Waals surface area contributed by atoms with Crippen LogP contribution < -0.4 is 0 Å². The van der Waals surface area contributed by atoms with Gasteiger partial charge in [0.1, 0.15) is 0 Å². The van der Waals surface area contributed by atoms with E-state index in [0.29, 0.717) is 11.5 Å². The Bertz CT molecular complexity index is 369. The second kappa shape index (κ2) is 4.39. The number of hydrogen-bond donors (Lipinski definition) is 0. The maximum Gasteiger partial charge on any atom is 0.417 e. The molecule has 0 bridgehead atoms. The summed E-state index contributed by atoms with van der Waals surface area (Å²) in [6, 6.07) is 4.13. The number of allylic oxidation sites excluding steroid dienone is 1. The molecule has 0 fully saturated rings. The second-order valence-corrected chi connectivity index (χ2v) is 3.93. The highest BCUT2D eigenvalue weighted by atomic mass is 79.9. The van der Waals surface area contributed by atoms with Gasteiger partial charge in [0.2, 0.25) is 0 Å². The second-order valence-electron chi connectivity index (χ2n) is 3.08. The van der Waals surface area contributed by atoms with E-state index in [1.165, 1.54) is 12.1 Å². The van der Waals surface area contributed by atoms with Crippen molar-refractivity contribution in [3.05, 3.63) is 52.4 Å². The van der Waals surface area contributed by atoms with Gasteiger partial charge in [0.25, 0.3) is 0 Å². The van der Waals surface area contributed by atoms with Crippen molar-refractivity contribution in [1.82, 2.24) is 0 Å². The van der Waals surface area contributed by atoms with E-state index in [4.69, 9.17) is 0 Å². The molecule has 15 heavy (non-hydrogen) atoms. The van der Waals surface area contributed by atoms with Gasteiger partial charge in [0, 0.05) is 10.4 Å². The lowest BCUT2D eigenvalue weighted by Crippen LogP contribution is -2.07. The molecule has 0 aromatic heterocycles. The first-order valence-corrected chi connectivity index (χ1v) is 4.98. The fourth-order valence-corrected chi connectivity index (χ4v) is 1.58. The molecule has 0 amide bonds. The van der Waals surface area contributed by atoms with Crippen LogP contribution in [0.1, 0.15) is 18.1 Å². The summed E-state index contributed by atoms with van der Waals surface area (Å²) in [6.45, 7) is 5.24. The zero-order chi connectivity index (χ0) is 11.6. The van der Waals surface area contributed by atoms with Gasteiger partial charge >= 0.3 is 6.18 Å². The molecule has 0 N–H and O–H groups in total. The van der Waals surface area contributed by atoms with Gasteiger partial charge in [-0.1, -0.05) is 35.0 Å². The summed E-state index contributed by atoms with van der Waals surface area (Å²) < 4.78 is 37.6. The smallest absolute Gasteiger partial charge is 0.166 e. The Kier molecular flexibility index (Phi) is 3.60. The fourth-order valence-electron chi connectivity index (χ4n) is 1.11. The summed E-state index contributed by atoms with van der Waals surface area (Å²) in [5.41, 5.74) is -0.137. The van der Waals surface area contributed by atoms with Crippen molar-refractivity contribution in [2.24, 2.45) is 0 Å². The Morgan fingerprint density at radius 1 is 1.40 bits per heavy atom. The lowest BCUT2D eigenvalue weighted by Gasteiger charge is -2.12.